The van der Waals surface area contributed by atoms with Gasteiger partial charge in [-0.05, 0) is 56.2 Å². The van der Waals surface area contributed by atoms with Crippen molar-refractivity contribution < 1.29 is 14.3 Å². The Bertz CT molecular complexity index is 1350. The number of aliphatic hydroxyl groups is 1. The van der Waals surface area contributed by atoms with Crippen LogP contribution in [-0.4, -0.2) is 31.4 Å². The molecule has 1 amide bonds. The Labute approximate surface area is 183 Å². The van der Waals surface area contributed by atoms with Gasteiger partial charge in [-0.3, -0.25) is 4.79 Å². The van der Waals surface area contributed by atoms with E-state index in [9.17, 15) is 14.3 Å². The lowest BCUT2D eigenvalue weighted by Crippen LogP contribution is -2.42. The zero-order valence-corrected chi connectivity index (χ0v) is 17.4. The Kier molecular flexibility index (Phi) is 4.49. The van der Waals surface area contributed by atoms with Crippen molar-refractivity contribution in [2.24, 2.45) is 5.73 Å². The van der Waals surface area contributed by atoms with E-state index in [1.807, 2.05) is 30.3 Å². The number of pyridine rings is 1. The molecule has 5 N–H and O–H groups in total. The van der Waals surface area contributed by atoms with Crippen molar-refractivity contribution in [3.05, 3.63) is 66.0 Å². The molecule has 1 aliphatic carbocycles. The van der Waals surface area contributed by atoms with Gasteiger partial charge in [0, 0.05) is 16.5 Å². The number of hydrogen-bond acceptors (Lipinski definition) is 5. The van der Waals surface area contributed by atoms with E-state index < -0.39 is 11.5 Å². The van der Waals surface area contributed by atoms with Gasteiger partial charge < -0.3 is 16.6 Å². The predicted octanol–water partition coefficient (Wildman–Crippen LogP) is 3.67. The molecule has 0 spiro atoms. The first-order chi connectivity index (χ1) is 15.2. The van der Waals surface area contributed by atoms with Gasteiger partial charge in [0.2, 0.25) is 0 Å². The summed E-state index contributed by atoms with van der Waals surface area (Å²) in [6.07, 6.45) is 0.994. The third-order valence-corrected chi connectivity index (χ3v) is 6.00. The first-order valence-electron chi connectivity index (χ1n) is 10.3. The zero-order chi connectivity index (χ0) is 22.6. The highest BCUT2D eigenvalue weighted by atomic mass is 19.1. The highest BCUT2D eigenvalue weighted by molar-refractivity contribution is 6.04. The van der Waals surface area contributed by atoms with E-state index in [0.717, 1.165) is 10.9 Å². The number of nitrogens with two attached hydrogens (primary N) is 2. The minimum Gasteiger partial charge on any atom is -0.390 e. The molecule has 0 unspecified atom stereocenters. The summed E-state index contributed by atoms with van der Waals surface area (Å²) in [4.78, 5) is 16.9. The number of aromatic nitrogens is 3. The van der Waals surface area contributed by atoms with Gasteiger partial charge in [0.15, 0.2) is 0 Å². The lowest BCUT2D eigenvalue weighted by atomic mass is 9.77. The molecule has 1 saturated carbocycles. The van der Waals surface area contributed by atoms with Crippen molar-refractivity contribution in [2.45, 2.75) is 31.4 Å². The lowest BCUT2D eigenvalue weighted by Gasteiger charge is -2.41. The maximum absolute atomic E-state index is 13.3. The van der Waals surface area contributed by atoms with Crippen LogP contribution in [0.2, 0.25) is 0 Å². The average molecular weight is 431 g/mol. The molecule has 1 aliphatic rings. The number of hydrogen-bond donors (Lipinski definition) is 3. The van der Waals surface area contributed by atoms with Crippen LogP contribution < -0.4 is 11.5 Å². The van der Waals surface area contributed by atoms with E-state index in [1.54, 1.807) is 23.7 Å². The molecule has 0 saturated heterocycles. The minimum absolute atomic E-state index is 0.0967. The maximum atomic E-state index is 13.3. The van der Waals surface area contributed by atoms with E-state index in [-0.39, 0.29) is 23.2 Å². The predicted molar refractivity (Wildman–Crippen MR) is 120 cm³/mol. The number of carbonyl (C=O) groups excluding carboxylic acids is 1. The fourth-order valence-electron chi connectivity index (χ4n) is 4.35. The van der Waals surface area contributed by atoms with Crippen LogP contribution in [0.4, 0.5) is 10.2 Å². The summed E-state index contributed by atoms with van der Waals surface area (Å²) in [7, 11) is 0. The number of nitrogen functional groups attached to an aromatic ring is 1. The molecule has 4 aromatic rings. The molecule has 1 fully saturated rings. The van der Waals surface area contributed by atoms with Gasteiger partial charge in [0.1, 0.15) is 22.9 Å². The van der Waals surface area contributed by atoms with Crippen LogP contribution in [0.15, 0.2) is 54.6 Å². The molecule has 2 aromatic heterocycles. The third kappa shape index (κ3) is 3.38. The van der Waals surface area contributed by atoms with Gasteiger partial charge in [-0.2, -0.15) is 5.10 Å². The summed E-state index contributed by atoms with van der Waals surface area (Å²) in [6.45, 7) is 1.76. The monoisotopic (exact) mass is 431 g/mol. The summed E-state index contributed by atoms with van der Waals surface area (Å²) in [5, 5.41) is 15.6. The fourth-order valence-corrected chi connectivity index (χ4v) is 4.35. The quantitative estimate of drug-likeness (QED) is 0.455. The summed E-state index contributed by atoms with van der Waals surface area (Å²) in [6, 6.07) is 15.4. The average Bonchev–Trinajstić information content (AvgIpc) is 3.08. The van der Waals surface area contributed by atoms with Crippen molar-refractivity contribution in [3.63, 3.8) is 0 Å². The molecule has 8 heteroatoms. The number of benzene rings is 2. The molecule has 0 bridgehead atoms. The first kappa shape index (κ1) is 20.1. The zero-order valence-electron chi connectivity index (χ0n) is 17.4. The molecular formula is C24H22FN5O2. The van der Waals surface area contributed by atoms with Gasteiger partial charge in [-0.1, -0.05) is 18.2 Å². The van der Waals surface area contributed by atoms with Gasteiger partial charge in [0.05, 0.1) is 22.9 Å². The Hall–Kier alpha value is -3.78. The SMILES string of the molecule is C[C@]1(O)C[C@@H](n2nc(-c3ccc4ccc(-c5ccc(F)cc5)nc4c3)c(C(N)=O)c2N)C1. The van der Waals surface area contributed by atoms with Crippen LogP contribution >= 0.6 is 0 Å². The lowest BCUT2D eigenvalue weighted by molar-refractivity contribution is -0.0535. The van der Waals surface area contributed by atoms with E-state index >= 15 is 0 Å². The number of halogens is 1. The maximum Gasteiger partial charge on any atom is 0.254 e. The number of carbonyl (C=O) groups is 1. The highest BCUT2D eigenvalue weighted by Crippen LogP contribution is 2.43. The fraction of sp³-hybridized carbons (Fsp3) is 0.208. The van der Waals surface area contributed by atoms with Crippen molar-refractivity contribution in [1.82, 2.24) is 14.8 Å². The highest BCUT2D eigenvalue weighted by Gasteiger charge is 2.41. The van der Waals surface area contributed by atoms with Crippen LogP contribution in [0.3, 0.4) is 0 Å². The Morgan fingerprint density at radius 3 is 2.44 bits per heavy atom. The molecule has 0 aliphatic heterocycles. The summed E-state index contributed by atoms with van der Waals surface area (Å²) in [5.74, 6) is -0.777. The molecule has 2 aromatic carbocycles. The third-order valence-electron chi connectivity index (χ3n) is 6.00. The smallest absolute Gasteiger partial charge is 0.254 e. The van der Waals surface area contributed by atoms with Gasteiger partial charge in [-0.15, -0.1) is 0 Å². The molecule has 0 radical (unpaired) electrons. The molecule has 162 valence electrons. The number of nitrogens with zero attached hydrogens (tertiary/aromatic N) is 3. The number of anilines is 1. The molecule has 2 heterocycles. The van der Waals surface area contributed by atoms with Gasteiger partial charge >= 0.3 is 0 Å². The van der Waals surface area contributed by atoms with E-state index in [4.69, 9.17) is 16.5 Å². The number of fused-ring (bicyclic) bond motifs is 1. The molecule has 0 atom stereocenters. The molecular weight excluding hydrogens is 409 g/mol. The van der Waals surface area contributed by atoms with Crippen molar-refractivity contribution in [3.8, 4) is 22.5 Å². The Balaban J connectivity index is 1.59. The van der Waals surface area contributed by atoms with Crippen molar-refractivity contribution in [1.29, 1.82) is 0 Å². The van der Waals surface area contributed by atoms with E-state index in [0.29, 0.717) is 35.3 Å². The minimum atomic E-state index is -0.764. The summed E-state index contributed by atoms with van der Waals surface area (Å²) < 4.78 is 14.9. The Morgan fingerprint density at radius 2 is 1.78 bits per heavy atom. The van der Waals surface area contributed by atoms with Crippen molar-refractivity contribution >= 4 is 22.6 Å². The summed E-state index contributed by atoms with van der Waals surface area (Å²) in [5.41, 5.74) is 14.5. The summed E-state index contributed by atoms with van der Waals surface area (Å²) >= 11 is 0. The Morgan fingerprint density at radius 1 is 1.12 bits per heavy atom. The number of primary amides is 1. The number of amides is 1. The van der Waals surface area contributed by atoms with Gasteiger partial charge in [0.25, 0.3) is 5.91 Å². The molecule has 32 heavy (non-hydrogen) atoms. The number of rotatable bonds is 4. The normalized spacial score (nSPS) is 20.3. The van der Waals surface area contributed by atoms with E-state index in [1.165, 1.54) is 12.1 Å². The second-order valence-electron chi connectivity index (χ2n) is 8.59. The van der Waals surface area contributed by atoms with E-state index in [2.05, 4.69) is 5.10 Å². The van der Waals surface area contributed by atoms with Crippen LogP contribution in [-0.2, 0) is 0 Å². The topological polar surface area (TPSA) is 120 Å². The molecule has 7 nitrogen and oxygen atoms in total. The second-order valence-corrected chi connectivity index (χ2v) is 8.59. The van der Waals surface area contributed by atoms with Gasteiger partial charge in [-0.25, -0.2) is 14.1 Å². The first-order valence-corrected chi connectivity index (χ1v) is 10.3. The van der Waals surface area contributed by atoms with Crippen LogP contribution in [0, 0.1) is 5.82 Å². The second kappa shape index (κ2) is 7.13. The van der Waals surface area contributed by atoms with Crippen LogP contribution in [0.25, 0.3) is 33.4 Å². The van der Waals surface area contributed by atoms with Crippen molar-refractivity contribution in [2.75, 3.05) is 5.73 Å². The van der Waals surface area contributed by atoms with Crippen LogP contribution in [0.1, 0.15) is 36.2 Å². The largest absolute Gasteiger partial charge is 0.390 e. The standard InChI is InChI=1S/C24H22FN5O2/c1-24(32)11-17(12-24)30-22(26)20(23(27)31)21(29-30)15-3-2-14-6-9-18(28-19(14)10-15)13-4-7-16(25)8-5-13/h2-10,17,32H,11-12,26H2,1H3,(H2,27,31)/t17-,24+. The van der Waals surface area contributed by atoms with Crippen LogP contribution in [0.5, 0.6) is 0 Å². The molecule has 5 rings (SSSR count).